The van der Waals surface area contributed by atoms with Crippen molar-refractivity contribution in [2.45, 2.75) is 32.4 Å². The number of likely N-dealkylation sites (N-methyl/N-ethyl adjacent to an activating group) is 1. The molecule has 0 aliphatic carbocycles. The normalized spacial score (nSPS) is 24.0. The van der Waals surface area contributed by atoms with Gasteiger partial charge in [0.25, 0.3) is 5.91 Å². The zero-order valence-electron chi connectivity index (χ0n) is 16.0. The van der Waals surface area contributed by atoms with E-state index in [1.807, 2.05) is 38.1 Å². The van der Waals surface area contributed by atoms with Crippen LogP contribution in [0.4, 0.5) is 5.69 Å². The van der Waals surface area contributed by atoms with E-state index >= 15 is 0 Å². The highest BCUT2D eigenvalue weighted by Crippen LogP contribution is 2.25. The summed E-state index contributed by atoms with van der Waals surface area (Å²) >= 11 is 6.30. The van der Waals surface area contributed by atoms with E-state index in [4.69, 9.17) is 11.6 Å². The Hall–Kier alpha value is -1.31. The zero-order chi connectivity index (χ0) is 19.6. The van der Waals surface area contributed by atoms with E-state index in [0.29, 0.717) is 13.0 Å². The van der Waals surface area contributed by atoms with Crippen LogP contribution in [0.25, 0.3) is 0 Å². The first kappa shape index (κ1) is 20.4. The lowest BCUT2D eigenvalue weighted by Crippen LogP contribution is -3.19. The van der Waals surface area contributed by atoms with E-state index in [2.05, 4.69) is 4.90 Å². The standard InChI is InChI=1S/C19H28ClN3O3S/c1-3-23(16-8-13-27(25,26)14-16)19(24)15(2)21-9-11-22(12-10-21)18-7-5-4-6-17(18)20/h4-7,15-16H,3,8-14H2,1-2H3/p+1/t15-,16-/m1/s1. The fourth-order valence-corrected chi connectivity index (χ4v) is 6.20. The molecule has 3 rings (SSSR count). The second-order valence-corrected chi connectivity index (χ2v) is 10.1. The maximum absolute atomic E-state index is 13.1. The van der Waals surface area contributed by atoms with Crippen molar-refractivity contribution in [3.05, 3.63) is 29.3 Å². The molecule has 0 aromatic heterocycles. The lowest BCUT2D eigenvalue weighted by molar-refractivity contribution is -0.915. The van der Waals surface area contributed by atoms with Crippen molar-refractivity contribution in [1.82, 2.24) is 4.90 Å². The van der Waals surface area contributed by atoms with Crippen LogP contribution in [-0.4, -0.2) is 75.5 Å². The van der Waals surface area contributed by atoms with Gasteiger partial charge in [-0.15, -0.1) is 0 Å². The Bertz CT molecular complexity index is 778. The number of carbonyl (C=O) groups is 1. The van der Waals surface area contributed by atoms with E-state index in [9.17, 15) is 13.2 Å². The summed E-state index contributed by atoms with van der Waals surface area (Å²) < 4.78 is 23.6. The minimum atomic E-state index is -3.00. The average Bonchev–Trinajstić information content (AvgIpc) is 3.01. The van der Waals surface area contributed by atoms with Crippen LogP contribution in [-0.2, 0) is 14.6 Å². The molecule has 27 heavy (non-hydrogen) atoms. The first-order valence-electron chi connectivity index (χ1n) is 9.67. The molecule has 1 aromatic carbocycles. The summed E-state index contributed by atoms with van der Waals surface area (Å²) in [6.07, 6.45) is 0.560. The number of anilines is 1. The maximum atomic E-state index is 13.1. The van der Waals surface area contributed by atoms with Crippen LogP contribution in [0.15, 0.2) is 24.3 Å². The maximum Gasteiger partial charge on any atom is 0.280 e. The third-order valence-corrected chi connectivity index (χ3v) is 7.92. The minimum Gasteiger partial charge on any atom is -0.359 e. The number of piperazine rings is 1. The van der Waals surface area contributed by atoms with Gasteiger partial charge >= 0.3 is 0 Å². The molecule has 150 valence electrons. The lowest BCUT2D eigenvalue weighted by atomic mass is 10.1. The van der Waals surface area contributed by atoms with E-state index in [0.717, 1.165) is 36.9 Å². The summed E-state index contributed by atoms with van der Waals surface area (Å²) in [5, 5.41) is 0.754. The van der Waals surface area contributed by atoms with Gasteiger partial charge in [-0.05, 0) is 32.4 Å². The highest BCUT2D eigenvalue weighted by molar-refractivity contribution is 7.91. The summed E-state index contributed by atoms with van der Waals surface area (Å²) in [6.45, 7) is 7.87. The molecule has 6 nitrogen and oxygen atoms in total. The summed E-state index contributed by atoms with van der Waals surface area (Å²) in [4.78, 5) is 18.4. The minimum absolute atomic E-state index is 0.0702. The first-order chi connectivity index (χ1) is 12.8. The molecular formula is C19H29ClN3O3S+. The van der Waals surface area contributed by atoms with Crippen molar-refractivity contribution in [3.63, 3.8) is 0 Å². The molecule has 1 amide bonds. The fourth-order valence-electron chi connectivity index (χ4n) is 4.21. The smallest absolute Gasteiger partial charge is 0.280 e. The molecule has 2 aliphatic heterocycles. The highest BCUT2D eigenvalue weighted by atomic mass is 35.5. The van der Waals surface area contributed by atoms with Gasteiger partial charge in [-0.1, -0.05) is 23.7 Å². The Balaban J connectivity index is 1.60. The third kappa shape index (κ3) is 4.58. The number of halogens is 1. The van der Waals surface area contributed by atoms with Crippen LogP contribution in [0.1, 0.15) is 20.3 Å². The topological polar surface area (TPSA) is 62.1 Å². The number of benzene rings is 1. The summed E-state index contributed by atoms with van der Waals surface area (Å²) in [5.74, 6) is 0.370. The third-order valence-electron chi connectivity index (χ3n) is 5.85. The van der Waals surface area contributed by atoms with Crippen molar-refractivity contribution in [1.29, 1.82) is 0 Å². The van der Waals surface area contributed by atoms with Gasteiger partial charge in [0.15, 0.2) is 15.9 Å². The largest absolute Gasteiger partial charge is 0.359 e. The molecule has 0 saturated carbocycles. The number of sulfone groups is 1. The number of carbonyl (C=O) groups excluding carboxylic acids is 1. The van der Waals surface area contributed by atoms with E-state index in [1.54, 1.807) is 4.90 Å². The van der Waals surface area contributed by atoms with Crippen molar-refractivity contribution >= 4 is 33.0 Å². The van der Waals surface area contributed by atoms with E-state index in [1.165, 1.54) is 4.90 Å². The second kappa shape index (κ2) is 8.37. The second-order valence-electron chi connectivity index (χ2n) is 7.50. The van der Waals surface area contributed by atoms with Crippen LogP contribution >= 0.6 is 11.6 Å². The van der Waals surface area contributed by atoms with Crippen LogP contribution in [0.3, 0.4) is 0 Å². The molecule has 2 saturated heterocycles. The van der Waals surface area contributed by atoms with Crippen LogP contribution < -0.4 is 9.80 Å². The monoisotopic (exact) mass is 414 g/mol. The van der Waals surface area contributed by atoms with Gasteiger partial charge in [0, 0.05) is 12.6 Å². The van der Waals surface area contributed by atoms with Gasteiger partial charge in [-0.25, -0.2) is 8.42 Å². The van der Waals surface area contributed by atoms with E-state index < -0.39 is 9.84 Å². The van der Waals surface area contributed by atoms with Crippen molar-refractivity contribution < 1.29 is 18.1 Å². The number of nitrogens with one attached hydrogen (secondary N) is 1. The van der Waals surface area contributed by atoms with Crippen molar-refractivity contribution in [3.8, 4) is 0 Å². The number of quaternary nitrogens is 1. The number of amides is 1. The molecule has 8 heteroatoms. The summed E-state index contributed by atoms with van der Waals surface area (Å²) in [6, 6.07) is 7.51. The summed E-state index contributed by atoms with van der Waals surface area (Å²) in [7, 11) is -3.00. The first-order valence-corrected chi connectivity index (χ1v) is 11.9. The quantitative estimate of drug-likeness (QED) is 0.760. The average molecular weight is 415 g/mol. The Kier molecular flexibility index (Phi) is 6.33. The molecule has 2 aliphatic rings. The predicted molar refractivity (Wildman–Crippen MR) is 108 cm³/mol. The fraction of sp³-hybridized carbons (Fsp3) is 0.632. The number of rotatable bonds is 5. The molecule has 0 bridgehead atoms. The van der Waals surface area contributed by atoms with Gasteiger partial charge in [0.1, 0.15) is 0 Å². The molecular weight excluding hydrogens is 386 g/mol. The van der Waals surface area contributed by atoms with Gasteiger partial charge < -0.3 is 14.7 Å². The molecule has 1 aromatic rings. The molecule has 0 radical (unpaired) electrons. The molecule has 2 atom stereocenters. The van der Waals surface area contributed by atoms with Crippen LogP contribution in [0.2, 0.25) is 5.02 Å². The Morgan fingerprint density at radius 1 is 1.33 bits per heavy atom. The predicted octanol–water partition coefficient (Wildman–Crippen LogP) is 0.469. The van der Waals surface area contributed by atoms with Gasteiger partial charge in [-0.3, -0.25) is 4.79 Å². The molecule has 0 spiro atoms. The Labute approximate surface area is 167 Å². The molecule has 1 N–H and O–H groups in total. The van der Waals surface area contributed by atoms with Crippen LogP contribution in [0, 0.1) is 0 Å². The Morgan fingerprint density at radius 3 is 2.56 bits per heavy atom. The number of para-hydroxylation sites is 1. The molecule has 0 unspecified atom stereocenters. The van der Waals surface area contributed by atoms with Crippen molar-refractivity contribution in [2.75, 3.05) is 49.1 Å². The number of hydrogen-bond donors (Lipinski definition) is 1. The van der Waals surface area contributed by atoms with Gasteiger partial charge in [-0.2, -0.15) is 0 Å². The van der Waals surface area contributed by atoms with Gasteiger partial charge in [0.2, 0.25) is 0 Å². The SMILES string of the molecule is CCN(C(=O)[C@@H](C)[NH+]1CCN(c2ccccc2Cl)CC1)[C@@H]1CCS(=O)(=O)C1. The number of nitrogens with zero attached hydrogens (tertiary/aromatic N) is 2. The highest BCUT2D eigenvalue weighted by Gasteiger charge is 2.38. The molecule has 2 heterocycles. The zero-order valence-corrected chi connectivity index (χ0v) is 17.6. The molecule has 2 fully saturated rings. The van der Waals surface area contributed by atoms with E-state index in [-0.39, 0.29) is 29.5 Å². The lowest BCUT2D eigenvalue weighted by Gasteiger charge is -2.38. The van der Waals surface area contributed by atoms with Crippen molar-refractivity contribution in [2.24, 2.45) is 0 Å². The Morgan fingerprint density at radius 2 is 2.00 bits per heavy atom. The summed E-state index contributed by atoms with van der Waals surface area (Å²) in [5.41, 5.74) is 1.04. The van der Waals surface area contributed by atoms with Gasteiger partial charge in [0.05, 0.1) is 48.4 Å². The number of hydrogen-bond acceptors (Lipinski definition) is 4. The van der Waals surface area contributed by atoms with Crippen LogP contribution in [0.5, 0.6) is 0 Å².